The Labute approximate surface area is 109 Å². The minimum atomic E-state index is -3.03. The van der Waals surface area contributed by atoms with Gasteiger partial charge < -0.3 is 5.11 Å². The lowest BCUT2D eigenvalue weighted by atomic mass is 10.1. The molecule has 1 aromatic rings. The van der Waals surface area contributed by atoms with E-state index in [0.29, 0.717) is 12.8 Å². The third kappa shape index (κ3) is 2.73. The first-order valence-corrected chi connectivity index (χ1v) is 7.91. The van der Waals surface area contributed by atoms with Gasteiger partial charge in [0.25, 0.3) is 5.56 Å². The standard InChI is InChI=1S/C11H16N2O5S/c1-2-8-9(14)12-11(16)13(10(8)15)5-7-3-4-19(17,18)6-7/h7,15H,2-6H2,1H3,(H,12,14,16). The van der Waals surface area contributed by atoms with Gasteiger partial charge in [-0.05, 0) is 18.8 Å². The van der Waals surface area contributed by atoms with Crippen molar-refractivity contribution in [2.75, 3.05) is 11.5 Å². The average molecular weight is 288 g/mol. The summed E-state index contributed by atoms with van der Waals surface area (Å²) in [6.07, 6.45) is 0.763. The van der Waals surface area contributed by atoms with E-state index < -0.39 is 21.1 Å². The van der Waals surface area contributed by atoms with Gasteiger partial charge in [0.05, 0.1) is 17.1 Å². The van der Waals surface area contributed by atoms with Gasteiger partial charge in [-0.25, -0.2) is 13.2 Å². The predicted octanol–water partition coefficient (Wildman–Crippen LogP) is -0.761. The molecule has 1 saturated heterocycles. The van der Waals surface area contributed by atoms with Crippen molar-refractivity contribution >= 4 is 9.84 Å². The molecule has 0 spiro atoms. The number of aromatic nitrogens is 2. The second-order valence-electron chi connectivity index (χ2n) is 4.79. The molecule has 0 amide bonds. The van der Waals surface area contributed by atoms with E-state index in [4.69, 9.17) is 0 Å². The summed E-state index contributed by atoms with van der Waals surface area (Å²) in [7, 11) is -3.03. The molecule has 0 aliphatic carbocycles. The van der Waals surface area contributed by atoms with Gasteiger partial charge in [-0.1, -0.05) is 6.92 Å². The fourth-order valence-electron chi connectivity index (χ4n) is 2.36. The van der Waals surface area contributed by atoms with E-state index in [0.717, 1.165) is 4.57 Å². The molecule has 1 atom stereocenters. The van der Waals surface area contributed by atoms with Gasteiger partial charge in [0.1, 0.15) is 0 Å². The molecule has 8 heteroatoms. The van der Waals surface area contributed by atoms with Crippen molar-refractivity contribution in [3.05, 3.63) is 26.4 Å². The Bertz CT molecular complexity index is 701. The lowest BCUT2D eigenvalue weighted by molar-refractivity contribution is 0.364. The number of nitrogens with one attached hydrogen (secondary N) is 1. The molecule has 1 aliphatic rings. The smallest absolute Gasteiger partial charge is 0.331 e. The van der Waals surface area contributed by atoms with Crippen molar-refractivity contribution in [3.8, 4) is 5.88 Å². The van der Waals surface area contributed by atoms with Crippen LogP contribution in [0.3, 0.4) is 0 Å². The second-order valence-corrected chi connectivity index (χ2v) is 7.02. The van der Waals surface area contributed by atoms with Gasteiger partial charge in [-0.2, -0.15) is 0 Å². The van der Waals surface area contributed by atoms with Gasteiger partial charge in [-0.15, -0.1) is 0 Å². The maximum Gasteiger partial charge on any atom is 0.331 e. The number of hydrogen-bond acceptors (Lipinski definition) is 5. The molecule has 1 aromatic heterocycles. The fourth-order valence-corrected chi connectivity index (χ4v) is 4.21. The Balaban J connectivity index is 2.36. The molecule has 19 heavy (non-hydrogen) atoms. The van der Waals surface area contributed by atoms with Crippen LogP contribution in [0.1, 0.15) is 18.9 Å². The van der Waals surface area contributed by atoms with Crippen LogP contribution in [0.2, 0.25) is 0 Å². The quantitative estimate of drug-likeness (QED) is 0.759. The van der Waals surface area contributed by atoms with Crippen LogP contribution in [0.5, 0.6) is 5.88 Å². The molecule has 0 aromatic carbocycles. The Morgan fingerprint density at radius 1 is 1.42 bits per heavy atom. The third-order valence-electron chi connectivity index (χ3n) is 3.39. The summed E-state index contributed by atoms with van der Waals surface area (Å²) < 4.78 is 23.8. The Morgan fingerprint density at radius 2 is 2.11 bits per heavy atom. The topological polar surface area (TPSA) is 109 Å². The van der Waals surface area contributed by atoms with Crippen LogP contribution < -0.4 is 11.2 Å². The molecule has 2 rings (SSSR count). The van der Waals surface area contributed by atoms with E-state index >= 15 is 0 Å². The second kappa shape index (κ2) is 4.84. The van der Waals surface area contributed by atoms with Gasteiger partial charge in [-0.3, -0.25) is 14.3 Å². The zero-order chi connectivity index (χ0) is 14.2. The molecular weight excluding hydrogens is 272 g/mol. The Hall–Kier alpha value is -1.57. The van der Waals surface area contributed by atoms with Crippen LogP contribution in [-0.2, 0) is 22.8 Å². The van der Waals surface area contributed by atoms with Crippen molar-refractivity contribution in [2.24, 2.45) is 5.92 Å². The van der Waals surface area contributed by atoms with Crippen molar-refractivity contribution in [1.29, 1.82) is 0 Å². The molecule has 106 valence electrons. The zero-order valence-electron chi connectivity index (χ0n) is 10.5. The van der Waals surface area contributed by atoms with Crippen LogP contribution in [0.25, 0.3) is 0 Å². The van der Waals surface area contributed by atoms with Crippen LogP contribution in [0.4, 0.5) is 0 Å². The lowest BCUT2D eigenvalue weighted by Crippen LogP contribution is -2.34. The van der Waals surface area contributed by atoms with Crippen molar-refractivity contribution in [3.63, 3.8) is 0 Å². The molecule has 1 aliphatic heterocycles. The largest absolute Gasteiger partial charge is 0.494 e. The molecule has 0 radical (unpaired) electrons. The van der Waals surface area contributed by atoms with Crippen molar-refractivity contribution in [1.82, 2.24) is 9.55 Å². The van der Waals surface area contributed by atoms with Gasteiger partial charge in [0, 0.05) is 6.54 Å². The first-order valence-electron chi connectivity index (χ1n) is 6.09. The Kier molecular flexibility index (Phi) is 3.53. The predicted molar refractivity (Wildman–Crippen MR) is 69.1 cm³/mol. The minimum absolute atomic E-state index is 0.0134. The number of sulfone groups is 1. The minimum Gasteiger partial charge on any atom is -0.494 e. The van der Waals surface area contributed by atoms with Gasteiger partial charge in [0.2, 0.25) is 5.88 Å². The van der Waals surface area contributed by atoms with Crippen LogP contribution in [0, 0.1) is 5.92 Å². The third-order valence-corrected chi connectivity index (χ3v) is 5.22. The summed E-state index contributed by atoms with van der Waals surface area (Å²) >= 11 is 0. The first kappa shape index (κ1) is 13.9. The summed E-state index contributed by atoms with van der Waals surface area (Å²) in [4.78, 5) is 25.3. The summed E-state index contributed by atoms with van der Waals surface area (Å²) in [5.74, 6) is -0.443. The summed E-state index contributed by atoms with van der Waals surface area (Å²) in [6, 6.07) is 0. The summed E-state index contributed by atoms with van der Waals surface area (Å²) in [5, 5.41) is 9.93. The fraction of sp³-hybridized carbons (Fsp3) is 0.636. The van der Waals surface area contributed by atoms with E-state index in [-0.39, 0.29) is 35.4 Å². The monoisotopic (exact) mass is 288 g/mol. The highest BCUT2D eigenvalue weighted by Gasteiger charge is 2.29. The highest BCUT2D eigenvalue weighted by molar-refractivity contribution is 7.91. The molecular formula is C11H16N2O5S. The summed E-state index contributed by atoms with van der Waals surface area (Å²) in [6.45, 7) is 1.80. The zero-order valence-corrected chi connectivity index (χ0v) is 11.4. The van der Waals surface area contributed by atoms with E-state index in [1.807, 2.05) is 0 Å². The number of hydrogen-bond donors (Lipinski definition) is 2. The number of aromatic amines is 1. The van der Waals surface area contributed by atoms with E-state index in [9.17, 15) is 23.1 Å². The van der Waals surface area contributed by atoms with Gasteiger partial charge in [0.15, 0.2) is 9.84 Å². The van der Waals surface area contributed by atoms with Crippen molar-refractivity contribution < 1.29 is 13.5 Å². The maximum atomic E-state index is 11.7. The normalized spacial score (nSPS) is 21.6. The first-order chi connectivity index (χ1) is 8.84. The number of nitrogens with zero attached hydrogens (tertiary/aromatic N) is 1. The maximum absolute atomic E-state index is 11.7. The highest BCUT2D eigenvalue weighted by Crippen LogP contribution is 2.21. The van der Waals surface area contributed by atoms with Crippen LogP contribution >= 0.6 is 0 Å². The lowest BCUT2D eigenvalue weighted by Gasteiger charge is -2.13. The summed E-state index contributed by atoms with van der Waals surface area (Å²) in [5.41, 5.74) is -1.16. The van der Waals surface area contributed by atoms with Crippen molar-refractivity contribution in [2.45, 2.75) is 26.3 Å². The number of rotatable bonds is 3. The van der Waals surface area contributed by atoms with E-state index in [1.54, 1.807) is 6.92 Å². The number of aromatic hydroxyl groups is 1. The SMILES string of the molecule is CCc1c(O)n(CC2CCS(=O)(=O)C2)c(=O)[nH]c1=O. The van der Waals surface area contributed by atoms with Crippen LogP contribution in [0.15, 0.2) is 9.59 Å². The van der Waals surface area contributed by atoms with Gasteiger partial charge >= 0.3 is 5.69 Å². The number of H-pyrrole nitrogens is 1. The van der Waals surface area contributed by atoms with E-state index in [2.05, 4.69) is 4.98 Å². The van der Waals surface area contributed by atoms with Crippen LogP contribution in [-0.4, -0.2) is 34.6 Å². The molecule has 1 unspecified atom stereocenters. The molecule has 2 heterocycles. The van der Waals surface area contributed by atoms with E-state index in [1.165, 1.54) is 0 Å². The molecule has 0 bridgehead atoms. The average Bonchev–Trinajstić information content (AvgIpc) is 2.64. The molecule has 7 nitrogen and oxygen atoms in total. The molecule has 0 saturated carbocycles. The molecule has 1 fully saturated rings. The highest BCUT2D eigenvalue weighted by atomic mass is 32.2. The Morgan fingerprint density at radius 3 is 2.63 bits per heavy atom. The molecule has 2 N–H and O–H groups in total.